The van der Waals surface area contributed by atoms with Gasteiger partial charge < -0.3 is 9.31 Å². The van der Waals surface area contributed by atoms with E-state index in [1.165, 1.54) is 0 Å². The second-order valence-corrected chi connectivity index (χ2v) is 9.10. The van der Waals surface area contributed by atoms with Gasteiger partial charge in [0.25, 0.3) is 0 Å². The summed E-state index contributed by atoms with van der Waals surface area (Å²) in [4.78, 5) is 0. The second kappa shape index (κ2) is 9.34. The fraction of sp³-hybridized carbons (Fsp3) is 0.400. The van der Waals surface area contributed by atoms with E-state index in [-0.39, 0.29) is 9.94 Å². The molecule has 0 N–H and O–H groups in total. The predicted octanol–water partition coefficient (Wildman–Crippen LogP) is 7.03. The van der Waals surface area contributed by atoms with Crippen molar-refractivity contribution in [3.8, 4) is 0 Å². The Labute approximate surface area is 196 Å². The molecule has 2 nitrogen and oxygen atoms in total. The van der Waals surface area contributed by atoms with Crippen LogP contribution in [0.2, 0.25) is 0 Å². The van der Waals surface area contributed by atoms with Crippen molar-refractivity contribution in [1.29, 1.82) is 0 Å². The van der Waals surface area contributed by atoms with Crippen molar-refractivity contribution in [2.24, 2.45) is 0 Å². The molecule has 14 heteroatoms. The van der Waals surface area contributed by atoms with Crippen LogP contribution in [0.3, 0.4) is 0 Å². The molecule has 0 saturated carbocycles. The fourth-order valence-electron chi connectivity index (χ4n) is 2.79. The predicted molar refractivity (Wildman–Crippen MR) is 106 cm³/mol. The number of halogens is 11. The molecule has 1 heterocycles. The number of alkyl halides is 6. The number of benzene rings is 2. The van der Waals surface area contributed by atoms with Gasteiger partial charge in [-0.25, -0.2) is 17.6 Å². The molecule has 1 fully saturated rings. The largest absolute Gasteiger partial charge is 0.495 e. The zero-order valence-electron chi connectivity index (χ0n) is 17.9. The van der Waals surface area contributed by atoms with Crippen molar-refractivity contribution in [3.05, 3.63) is 63.1 Å². The molecule has 0 aromatic heterocycles. The highest BCUT2D eigenvalue weighted by molar-refractivity contribution is 9.10. The van der Waals surface area contributed by atoms with Crippen LogP contribution in [0.1, 0.15) is 38.8 Å². The number of hydrogen-bond acceptors (Lipinski definition) is 2. The van der Waals surface area contributed by atoms with Gasteiger partial charge in [-0.05, 0) is 57.4 Å². The molecule has 3 rings (SSSR count). The Balaban J connectivity index is 0.000000270. The standard InChI is InChI=1S/C13H14BF5O2.C7H2BrF5/c1-11(2)12(3,4)21-14(20-11)7-5-8(15)10(9(16)6-7)13(17,18)19;8-3-1-4(9)6(5(10)2-3)7(11,12)13/h5-6H,1-4H3;1-2H. The zero-order valence-corrected chi connectivity index (χ0v) is 19.4. The van der Waals surface area contributed by atoms with Crippen LogP contribution in [-0.2, 0) is 21.7 Å². The van der Waals surface area contributed by atoms with Crippen LogP contribution in [-0.4, -0.2) is 18.3 Å². The Kier molecular flexibility index (Phi) is 7.81. The van der Waals surface area contributed by atoms with Gasteiger partial charge in [-0.3, -0.25) is 0 Å². The first-order valence-corrected chi connectivity index (χ1v) is 10.1. The lowest BCUT2D eigenvalue weighted by molar-refractivity contribution is -0.143. The van der Waals surface area contributed by atoms with Crippen molar-refractivity contribution in [2.45, 2.75) is 51.2 Å². The van der Waals surface area contributed by atoms with E-state index < -0.39 is 65.1 Å². The smallest absolute Gasteiger partial charge is 0.399 e. The molecule has 0 radical (unpaired) electrons. The third kappa shape index (κ3) is 6.06. The number of rotatable bonds is 1. The third-order valence-electron chi connectivity index (χ3n) is 5.16. The molecule has 0 spiro atoms. The van der Waals surface area contributed by atoms with E-state index in [1.807, 2.05) is 0 Å². The van der Waals surface area contributed by atoms with Crippen molar-refractivity contribution in [1.82, 2.24) is 0 Å². The summed E-state index contributed by atoms with van der Waals surface area (Å²) in [5.41, 5.74) is -5.42. The quantitative estimate of drug-likeness (QED) is 0.272. The van der Waals surface area contributed by atoms with Crippen LogP contribution in [0, 0.1) is 23.3 Å². The van der Waals surface area contributed by atoms with Crippen molar-refractivity contribution < 1.29 is 53.2 Å². The minimum absolute atomic E-state index is 0.0736. The molecule has 0 bridgehead atoms. The lowest BCUT2D eigenvalue weighted by Crippen LogP contribution is -2.41. The Morgan fingerprint density at radius 1 is 0.647 bits per heavy atom. The summed E-state index contributed by atoms with van der Waals surface area (Å²) in [7, 11) is -1.12. The minimum atomic E-state index is -5.09. The first kappa shape index (κ1) is 28.4. The van der Waals surface area contributed by atoms with Gasteiger partial charge in [0.1, 0.15) is 34.4 Å². The molecule has 0 amide bonds. The summed E-state index contributed by atoms with van der Waals surface area (Å²) in [6.45, 7) is 6.90. The summed E-state index contributed by atoms with van der Waals surface area (Å²) in [6, 6.07) is 2.31. The average Bonchev–Trinajstić information content (AvgIpc) is 2.79. The molecule has 1 saturated heterocycles. The Hall–Kier alpha value is -1.80. The van der Waals surface area contributed by atoms with Crippen LogP contribution in [0.15, 0.2) is 28.7 Å². The molecule has 0 unspecified atom stereocenters. The lowest BCUT2D eigenvalue weighted by Gasteiger charge is -2.32. The van der Waals surface area contributed by atoms with Crippen LogP contribution >= 0.6 is 15.9 Å². The highest BCUT2D eigenvalue weighted by Gasteiger charge is 2.52. The Morgan fingerprint density at radius 3 is 1.24 bits per heavy atom. The molecule has 0 aliphatic carbocycles. The first-order chi connectivity index (χ1) is 15.2. The van der Waals surface area contributed by atoms with E-state index in [0.717, 1.165) is 0 Å². The third-order valence-corrected chi connectivity index (χ3v) is 5.62. The van der Waals surface area contributed by atoms with Gasteiger partial charge in [0.15, 0.2) is 0 Å². The van der Waals surface area contributed by atoms with Crippen molar-refractivity contribution in [3.63, 3.8) is 0 Å². The minimum Gasteiger partial charge on any atom is -0.399 e. The van der Waals surface area contributed by atoms with E-state index >= 15 is 0 Å². The highest BCUT2D eigenvalue weighted by atomic mass is 79.9. The van der Waals surface area contributed by atoms with Crippen LogP contribution in [0.4, 0.5) is 43.9 Å². The summed E-state index contributed by atoms with van der Waals surface area (Å²) < 4.78 is 137. The average molecular weight is 569 g/mol. The van der Waals surface area contributed by atoms with E-state index in [0.29, 0.717) is 24.3 Å². The van der Waals surface area contributed by atoms with Crippen molar-refractivity contribution in [2.75, 3.05) is 0 Å². The van der Waals surface area contributed by atoms with Gasteiger partial charge in [0, 0.05) is 4.47 Å². The van der Waals surface area contributed by atoms with Gasteiger partial charge in [-0.1, -0.05) is 15.9 Å². The van der Waals surface area contributed by atoms with E-state index in [2.05, 4.69) is 15.9 Å². The van der Waals surface area contributed by atoms with Gasteiger partial charge in [-0.15, -0.1) is 0 Å². The molecule has 188 valence electrons. The molecule has 2 aromatic rings. The Morgan fingerprint density at radius 2 is 0.941 bits per heavy atom. The second-order valence-electron chi connectivity index (χ2n) is 8.19. The van der Waals surface area contributed by atoms with Gasteiger partial charge in [0.2, 0.25) is 0 Å². The molecule has 0 atom stereocenters. The summed E-state index contributed by atoms with van der Waals surface area (Å²) in [5, 5.41) is 0. The van der Waals surface area contributed by atoms with Crippen LogP contribution in [0.25, 0.3) is 0 Å². The van der Waals surface area contributed by atoms with Gasteiger partial charge in [-0.2, -0.15) is 26.3 Å². The van der Waals surface area contributed by atoms with Crippen LogP contribution < -0.4 is 5.46 Å². The zero-order chi connectivity index (χ0) is 26.4. The lowest BCUT2D eigenvalue weighted by atomic mass is 9.78. The molecule has 1 aliphatic rings. The summed E-state index contributed by atoms with van der Waals surface area (Å²) >= 11 is 2.67. The number of hydrogen-bond donors (Lipinski definition) is 0. The summed E-state index contributed by atoms with van der Waals surface area (Å²) in [6.07, 6.45) is -10.1. The van der Waals surface area contributed by atoms with Crippen LogP contribution in [0.5, 0.6) is 0 Å². The normalized spacial score (nSPS) is 17.4. The first-order valence-electron chi connectivity index (χ1n) is 9.31. The SMILES string of the molecule is CC1(C)OB(c2cc(F)c(C(F)(F)F)c(F)c2)OC1(C)C.Fc1cc(Br)cc(F)c1C(F)(F)F. The maximum atomic E-state index is 13.6. The topological polar surface area (TPSA) is 18.5 Å². The maximum absolute atomic E-state index is 13.6. The van der Waals surface area contributed by atoms with Gasteiger partial charge >= 0.3 is 19.5 Å². The van der Waals surface area contributed by atoms with Crippen molar-refractivity contribution >= 4 is 28.5 Å². The molecule has 1 aliphatic heterocycles. The monoisotopic (exact) mass is 568 g/mol. The molecule has 2 aromatic carbocycles. The maximum Gasteiger partial charge on any atom is 0.495 e. The summed E-state index contributed by atoms with van der Waals surface area (Å²) in [5.74, 6) is -6.63. The molecular formula is C20H16BBrF10O2. The molecule has 34 heavy (non-hydrogen) atoms. The van der Waals surface area contributed by atoms with E-state index in [4.69, 9.17) is 9.31 Å². The molecular weight excluding hydrogens is 553 g/mol. The van der Waals surface area contributed by atoms with Gasteiger partial charge in [0.05, 0.1) is 11.2 Å². The Bertz CT molecular complexity index is 1000. The van der Waals surface area contributed by atoms with E-state index in [1.54, 1.807) is 27.7 Å². The fourth-order valence-corrected chi connectivity index (χ4v) is 3.19. The van der Waals surface area contributed by atoms with E-state index in [9.17, 15) is 43.9 Å². The highest BCUT2D eigenvalue weighted by Crippen LogP contribution is 2.38.